The molecule has 1 fully saturated rings. The van der Waals surface area contributed by atoms with E-state index in [0.717, 1.165) is 52.7 Å². The summed E-state index contributed by atoms with van der Waals surface area (Å²) in [4.78, 5) is 16.9. The van der Waals surface area contributed by atoms with Gasteiger partial charge in [-0.05, 0) is 67.6 Å². The van der Waals surface area contributed by atoms with Crippen molar-refractivity contribution in [1.29, 1.82) is 0 Å². The largest absolute Gasteiger partial charge is 0.496 e. The van der Waals surface area contributed by atoms with E-state index in [1.54, 1.807) is 13.2 Å². The summed E-state index contributed by atoms with van der Waals surface area (Å²) in [6.45, 7) is 3.49. The Morgan fingerprint density at radius 1 is 1.38 bits per heavy atom. The number of likely N-dealkylation sites (tertiary alicyclic amines) is 1. The molecule has 4 rings (SSSR count). The van der Waals surface area contributed by atoms with Crippen LogP contribution in [0.1, 0.15) is 52.4 Å². The fraction of sp³-hybridized carbons (Fsp3) is 0.346. The molecule has 32 heavy (non-hydrogen) atoms. The first-order valence-corrected chi connectivity index (χ1v) is 10.8. The Kier molecular flexibility index (Phi) is 6.20. The molecular formula is C26H27FN2O3. The number of aromatic nitrogens is 1. The van der Waals surface area contributed by atoms with Crippen LogP contribution in [0.15, 0.2) is 36.5 Å². The number of benzene rings is 2. The Hall–Kier alpha value is -3.30. The Balaban J connectivity index is 1.72. The first kappa shape index (κ1) is 21.9. The van der Waals surface area contributed by atoms with E-state index in [2.05, 4.69) is 21.9 Å². The first-order valence-electron chi connectivity index (χ1n) is 10.8. The van der Waals surface area contributed by atoms with Gasteiger partial charge in [0, 0.05) is 41.7 Å². The monoisotopic (exact) mass is 434 g/mol. The minimum Gasteiger partial charge on any atom is -0.496 e. The number of aromatic carboxylic acids is 1. The minimum atomic E-state index is -1.26. The summed E-state index contributed by atoms with van der Waals surface area (Å²) in [6, 6.07) is 8.46. The third kappa shape index (κ3) is 4.09. The van der Waals surface area contributed by atoms with Crippen LogP contribution < -0.4 is 4.74 Å². The number of piperidine rings is 1. The second-order valence-electron chi connectivity index (χ2n) is 8.47. The van der Waals surface area contributed by atoms with Crippen LogP contribution in [-0.4, -0.2) is 34.6 Å². The van der Waals surface area contributed by atoms with Gasteiger partial charge in [0.25, 0.3) is 0 Å². The zero-order valence-corrected chi connectivity index (χ0v) is 18.3. The molecule has 2 aromatic carbocycles. The van der Waals surface area contributed by atoms with Gasteiger partial charge in [-0.25, -0.2) is 9.18 Å². The molecule has 2 atom stereocenters. The first-order chi connectivity index (χ1) is 15.4. The van der Waals surface area contributed by atoms with E-state index in [1.807, 2.05) is 19.2 Å². The molecule has 0 radical (unpaired) electrons. The van der Waals surface area contributed by atoms with Crippen LogP contribution in [-0.2, 0) is 6.54 Å². The molecule has 0 saturated carbocycles. The van der Waals surface area contributed by atoms with Gasteiger partial charge in [0.1, 0.15) is 11.6 Å². The standard InChI is InChI=1S/C26H27FN2O3/c1-4-5-17-9-11-29(23(13-17)18-6-7-20(26(30)31)22(27)14-18)15-21-19-8-10-28-25(19)16(2)12-24(21)32-3/h1,6-8,10,12,14,17,23,28H,5,9,11,13,15H2,2-3H3,(H,30,31)/t17-,23-/m0/s1. The second-order valence-corrected chi connectivity index (χ2v) is 8.47. The van der Waals surface area contributed by atoms with Crippen molar-refractivity contribution < 1.29 is 19.0 Å². The van der Waals surface area contributed by atoms with Crippen LogP contribution >= 0.6 is 0 Å². The number of ether oxygens (including phenoxy) is 1. The number of rotatable bonds is 6. The van der Waals surface area contributed by atoms with Crippen molar-refractivity contribution in [2.45, 2.75) is 38.8 Å². The highest BCUT2D eigenvalue weighted by molar-refractivity contribution is 5.88. The number of aryl methyl sites for hydroxylation is 1. The van der Waals surface area contributed by atoms with Crippen LogP contribution in [0.5, 0.6) is 5.75 Å². The predicted octanol–water partition coefficient (Wildman–Crippen LogP) is 5.30. The lowest BCUT2D eigenvalue weighted by Crippen LogP contribution is -2.36. The molecule has 5 nitrogen and oxygen atoms in total. The van der Waals surface area contributed by atoms with Gasteiger partial charge in [0.05, 0.1) is 12.7 Å². The van der Waals surface area contributed by atoms with E-state index in [0.29, 0.717) is 18.9 Å². The second kappa shape index (κ2) is 9.05. The molecule has 1 aliphatic rings. The average molecular weight is 435 g/mol. The highest BCUT2D eigenvalue weighted by Gasteiger charge is 2.31. The number of carboxylic acids is 1. The molecule has 6 heteroatoms. The zero-order chi connectivity index (χ0) is 22.8. The molecule has 2 N–H and O–H groups in total. The van der Waals surface area contributed by atoms with Crippen molar-refractivity contribution in [1.82, 2.24) is 9.88 Å². The summed E-state index contributed by atoms with van der Waals surface area (Å²) in [6.07, 6.45) is 9.93. The van der Waals surface area contributed by atoms with Crippen LogP contribution in [0.2, 0.25) is 0 Å². The maximum atomic E-state index is 14.5. The van der Waals surface area contributed by atoms with Gasteiger partial charge in [0.15, 0.2) is 0 Å². The van der Waals surface area contributed by atoms with Gasteiger partial charge in [-0.3, -0.25) is 4.90 Å². The minimum absolute atomic E-state index is 0.0700. The van der Waals surface area contributed by atoms with E-state index in [9.17, 15) is 14.3 Å². The number of hydrogen-bond acceptors (Lipinski definition) is 3. The lowest BCUT2D eigenvalue weighted by Gasteiger charge is -2.40. The highest BCUT2D eigenvalue weighted by Crippen LogP contribution is 2.39. The Morgan fingerprint density at radius 2 is 2.19 bits per heavy atom. The van der Waals surface area contributed by atoms with Crippen molar-refractivity contribution in [2.75, 3.05) is 13.7 Å². The van der Waals surface area contributed by atoms with Crippen LogP contribution in [0, 0.1) is 31.0 Å². The number of fused-ring (bicyclic) bond motifs is 1. The number of carboxylic acid groups (broad SMARTS) is 1. The lowest BCUT2D eigenvalue weighted by atomic mass is 9.84. The smallest absolute Gasteiger partial charge is 0.338 e. The fourth-order valence-electron chi connectivity index (χ4n) is 4.87. The number of nitrogens with zero attached hydrogens (tertiary/aromatic N) is 1. The Labute approximate surface area is 187 Å². The molecule has 0 unspecified atom stereocenters. The van der Waals surface area contributed by atoms with E-state index in [4.69, 9.17) is 11.2 Å². The Bertz CT molecular complexity index is 1190. The third-order valence-electron chi connectivity index (χ3n) is 6.53. The Morgan fingerprint density at radius 3 is 2.88 bits per heavy atom. The third-order valence-corrected chi connectivity index (χ3v) is 6.53. The molecule has 0 aliphatic carbocycles. The number of methoxy groups -OCH3 is 1. The van der Waals surface area contributed by atoms with Gasteiger partial charge in [-0.2, -0.15) is 0 Å². The van der Waals surface area contributed by atoms with Crippen molar-refractivity contribution >= 4 is 16.9 Å². The zero-order valence-electron chi connectivity index (χ0n) is 18.3. The molecule has 3 aromatic rings. The molecule has 1 saturated heterocycles. The SMILES string of the molecule is C#CC[C@H]1CCN(Cc2c(OC)cc(C)c3[nH]ccc23)[C@H](c2ccc(C(=O)O)c(F)c2)C1. The number of hydrogen-bond donors (Lipinski definition) is 2. The molecule has 166 valence electrons. The van der Waals surface area contributed by atoms with Gasteiger partial charge in [-0.1, -0.05) is 6.07 Å². The van der Waals surface area contributed by atoms with Gasteiger partial charge >= 0.3 is 5.97 Å². The number of H-pyrrole nitrogens is 1. The summed E-state index contributed by atoms with van der Waals surface area (Å²) in [5, 5.41) is 10.3. The number of halogens is 1. The highest BCUT2D eigenvalue weighted by atomic mass is 19.1. The van der Waals surface area contributed by atoms with E-state index >= 15 is 0 Å². The average Bonchev–Trinajstić information content (AvgIpc) is 3.27. The fourth-order valence-corrected chi connectivity index (χ4v) is 4.87. The topological polar surface area (TPSA) is 65.6 Å². The summed E-state index contributed by atoms with van der Waals surface area (Å²) in [5.74, 6) is 1.95. The van der Waals surface area contributed by atoms with Crippen LogP contribution in [0.25, 0.3) is 10.9 Å². The van der Waals surface area contributed by atoms with Crippen molar-refractivity contribution in [3.05, 3.63) is 64.6 Å². The maximum Gasteiger partial charge on any atom is 0.338 e. The molecule has 1 aliphatic heterocycles. The molecule has 1 aromatic heterocycles. The molecular weight excluding hydrogens is 407 g/mol. The molecule has 0 amide bonds. The van der Waals surface area contributed by atoms with E-state index in [-0.39, 0.29) is 11.6 Å². The van der Waals surface area contributed by atoms with E-state index in [1.165, 1.54) is 12.1 Å². The van der Waals surface area contributed by atoms with Crippen molar-refractivity contribution in [3.63, 3.8) is 0 Å². The number of nitrogens with one attached hydrogen (secondary N) is 1. The number of carbonyl (C=O) groups is 1. The summed E-state index contributed by atoms with van der Waals surface area (Å²) < 4.78 is 20.2. The maximum absolute atomic E-state index is 14.5. The van der Waals surface area contributed by atoms with Crippen LogP contribution in [0.4, 0.5) is 4.39 Å². The number of terminal acetylenes is 1. The molecule has 2 heterocycles. The van der Waals surface area contributed by atoms with Crippen molar-refractivity contribution in [3.8, 4) is 18.1 Å². The number of aromatic amines is 1. The van der Waals surface area contributed by atoms with E-state index < -0.39 is 11.8 Å². The van der Waals surface area contributed by atoms with Gasteiger partial charge in [-0.15, -0.1) is 12.3 Å². The lowest BCUT2D eigenvalue weighted by molar-refractivity contribution is 0.0691. The quantitative estimate of drug-likeness (QED) is 0.517. The molecule has 0 spiro atoms. The summed E-state index contributed by atoms with van der Waals surface area (Å²) >= 11 is 0. The van der Waals surface area contributed by atoms with Crippen LogP contribution in [0.3, 0.4) is 0 Å². The van der Waals surface area contributed by atoms with Gasteiger partial charge in [0.2, 0.25) is 0 Å². The van der Waals surface area contributed by atoms with Gasteiger partial charge < -0.3 is 14.8 Å². The predicted molar refractivity (Wildman–Crippen MR) is 122 cm³/mol. The van der Waals surface area contributed by atoms with Crippen molar-refractivity contribution in [2.24, 2.45) is 5.92 Å². The summed E-state index contributed by atoms with van der Waals surface area (Å²) in [5.41, 5.74) is 3.73. The molecule has 0 bridgehead atoms. The normalized spacial score (nSPS) is 19.1. The summed E-state index contributed by atoms with van der Waals surface area (Å²) in [7, 11) is 1.67.